The van der Waals surface area contributed by atoms with E-state index >= 15 is 0 Å². The van der Waals surface area contributed by atoms with Gasteiger partial charge in [0.1, 0.15) is 10.8 Å². The molecule has 2 atom stereocenters. The second-order valence-electron chi connectivity index (χ2n) is 8.85. The van der Waals surface area contributed by atoms with E-state index in [4.69, 9.17) is 11.6 Å². The van der Waals surface area contributed by atoms with E-state index in [1.807, 2.05) is 23.6 Å². The minimum atomic E-state index is 0.267. The molecule has 2 aromatic heterocycles. The lowest BCUT2D eigenvalue weighted by Gasteiger charge is -2.20. The van der Waals surface area contributed by atoms with E-state index in [1.54, 1.807) is 6.20 Å². The SMILES string of the molecule is CCC(=O)N1CC2CC(Nc3nc(Nc4cc(C5CC5)nn4C)ncc3Cl)CC2C1. The van der Waals surface area contributed by atoms with Crippen molar-refractivity contribution in [3.05, 3.63) is 23.0 Å². The molecule has 5 rings (SSSR count). The molecular weight excluding hydrogens is 402 g/mol. The molecule has 2 saturated carbocycles. The molecule has 0 aromatic carbocycles. The first-order valence-corrected chi connectivity index (χ1v) is 11.3. The van der Waals surface area contributed by atoms with Crippen molar-refractivity contribution in [1.82, 2.24) is 24.6 Å². The maximum absolute atomic E-state index is 12.0. The highest BCUT2D eigenvalue weighted by Crippen LogP contribution is 2.41. The fourth-order valence-electron chi connectivity index (χ4n) is 4.87. The van der Waals surface area contributed by atoms with E-state index in [-0.39, 0.29) is 5.91 Å². The molecule has 2 aromatic rings. The fraction of sp³-hybridized carbons (Fsp3) is 0.619. The van der Waals surface area contributed by atoms with Crippen LogP contribution in [0.5, 0.6) is 0 Å². The molecule has 2 N–H and O–H groups in total. The van der Waals surface area contributed by atoms with Gasteiger partial charge in [0.15, 0.2) is 5.82 Å². The Labute approximate surface area is 181 Å². The number of anilines is 3. The summed E-state index contributed by atoms with van der Waals surface area (Å²) in [5, 5.41) is 11.9. The van der Waals surface area contributed by atoms with Crippen LogP contribution in [0.3, 0.4) is 0 Å². The summed E-state index contributed by atoms with van der Waals surface area (Å²) in [6, 6.07) is 2.39. The van der Waals surface area contributed by atoms with Gasteiger partial charge >= 0.3 is 0 Å². The van der Waals surface area contributed by atoms with Crippen LogP contribution in [0.4, 0.5) is 17.6 Å². The minimum Gasteiger partial charge on any atom is -0.366 e. The Balaban J connectivity index is 1.23. The van der Waals surface area contributed by atoms with Crippen molar-refractivity contribution in [2.75, 3.05) is 23.7 Å². The van der Waals surface area contributed by atoms with Gasteiger partial charge in [-0.1, -0.05) is 18.5 Å². The van der Waals surface area contributed by atoms with E-state index < -0.39 is 0 Å². The van der Waals surface area contributed by atoms with Crippen LogP contribution in [0.25, 0.3) is 0 Å². The molecule has 0 bridgehead atoms. The summed E-state index contributed by atoms with van der Waals surface area (Å²) in [5.74, 6) is 4.03. The zero-order valence-electron chi connectivity index (χ0n) is 17.4. The van der Waals surface area contributed by atoms with Crippen LogP contribution in [-0.2, 0) is 11.8 Å². The van der Waals surface area contributed by atoms with Gasteiger partial charge in [0.05, 0.1) is 11.9 Å². The average molecular weight is 430 g/mol. The van der Waals surface area contributed by atoms with Gasteiger partial charge in [-0.15, -0.1) is 0 Å². The number of hydrogen-bond donors (Lipinski definition) is 2. The second kappa shape index (κ2) is 7.72. The first kappa shape index (κ1) is 19.6. The highest BCUT2D eigenvalue weighted by molar-refractivity contribution is 6.32. The van der Waals surface area contributed by atoms with Gasteiger partial charge in [0.2, 0.25) is 11.9 Å². The van der Waals surface area contributed by atoms with Crippen molar-refractivity contribution < 1.29 is 4.79 Å². The summed E-state index contributed by atoms with van der Waals surface area (Å²) in [6.07, 6.45) is 6.73. The lowest BCUT2D eigenvalue weighted by molar-refractivity contribution is -0.130. The quantitative estimate of drug-likeness (QED) is 0.730. The van der Waals surface area contributed by atoms with Crippen molar-refractivity contribution in [3.8, 4) is 0 Å². The summed E-state index contributed by atoms with van der Waals surface area (Å²) >= 11 is 6.38. The Hall–Kier alpha value is -2.35. The molecule has 9 heteroatoms. The van der Waals surface area contributed by atoms with Crippen molar-refractivity contribution in [2.24, 2.45) is 18.9 Å². The van der Waals surface area contributed by atoms with Crippen molar-refractivity contribution >= 4 is 35.1 Å². The van der Waals surface area contributed by atoms with Gasteiger partial charge in [-0.2, -0.15) is 10.1 Å². The largest absolute Gasteiger partial charge is 0.366 e. The lowest BCUT2D eigenvalue weighted by Crippen LogP contribution is -2.30. The molecule has 1 aliphatic heterocycles. The first-order chi connectivity index (χ1) is 14.5. The number of aromatic nitrogens is 4. The van der Waals surface area contributed by atoms with Gasteiger partial charge in [-0.25, -0.2) is 4.98 Å². The number of carbonyl (C=O) groups excluding carboxylic acids is 1. The number of nitrogens with one attached hydrogen (secondary N) is 2. The van der Waals surface area contributed by atoms with E-state index in [0.717, 1.165) is 37.4 Å². The Morgan fingerprint density at radius 1 is 1.27 bits per heavy atom. The Bertz CT molecular complexity index is 943. The van der Waals surface area contributed by atoms with Crippen LogP contribution in [0.1, 0.15) is 50.6 Å². The third-order valence-electron chi connectivity index (χ3n) is 6.63. The molecule has 2 aliphatic carbocycles. The summed E-state index contributed by atoms with van der Waals surface area (Å²) in [7, 11) is 1.92. The topological polar surface area (TPSA) is 88.0 Å². The van der Waals surface area contributed by atoms with E-state index in [1.165, 1.54) is 12.8 Å². The molecule has 0 spiro atoms. The third-order valence-corrected chi connectivity index (χ3v) is 6.90. The minimum absolute atomic E-state index is 0.267. The Kier molecular flexibility index (Phi) is 5.05. The Morgan fingerprint density at radius 2 is 2.00 bits per heavy atom. The van der Waals surface area contributed by atoms with Crippen LogP contribution in [0.15, 0.2) is 12.3 Å². The van der Waals surface area contributed by atoms with Gasteiger partial charge < -0.3 is 15.5 Å². The number of fused-ring (bicyclic) bond motifs is 1. The highest BCUT2D eigenvalue weighted by Gasteiger charge is 2.42. The van der Waals surface area contributed by atoms with Crippen molar-refractivity contribution in [2.45, 2.75) is 51.0 Å². The molecule has 3 fully saturated rings. The molecule has 1 saturated heterocycles. The molecule has 160 valence electrons. The molecule has 30 heavy (non-hydrogen) atoms. The molecular formula is C21H28ClN7O. The first-order valence-electron chi connectivity index (χ1n) is 10.9. The molecule has 3 aliphatic rings. The van der Waals surface area contributed by atoms with Gasteiger partial charge in [0, 0.05) is 44.6 Å². The van der Waals surface area contributed by atoms with Crippen LogP contribution in [0.2, 0.25) is 5.02 Å². The maximum Gasteiger partial charge on any atom is 0.230 e. The van der Waals surface area contributed by atoms with Crippen LogP contribution in [-0.4, -0.2) is 49.7 Å². The summed E-state index contributed by atoms with van der Waals surface area (Å²) in [5.41, 5.74) is 1.13. The summed E-state index contributed by atoms with van der Waals surface area (Å²) < 4.78 is 1.83. The summed E-state index contributed by atoms with van der Waals surface area (Å²) in [4.78, 5) is 23.0. The normalized spacial score (nSPS) is 25.4. The maximum atomic E-state index is 12.0. The van der Waals surface area contributed by atoms with Gasteiger partial charge in [-0.3, -0.25) is 9.48 Å². The molecule has 3 heterocycles. The fourth-order valence-corrected chi connectivity index (χ4v) is 5.01. The second-order valence-corrected chi connectivity index (χ2v) is 9.26. The smallest absolute Gasteiger partial charge is 0.230 e. The predicted molar refractivity (Wildman–Crippen MR) is 116 cm³/mol. The van der Waals surface area contributed by atoms with Gasteiger partial charge in [0.25, 0.3) is 0 Å². The highest BCUT2D eigenvalue weighted by atomic mass is 35.5. The number of carbonyl (C=O) groups is 1. The summed E-state index contributed by atoms with van der Waals surface area (Å²) in [6.45, 7) is 3.69. The zero-order chi connectivity index (χ0) is 20.8. The van der Waals surface area contributed by atoms with Crippen molar-refractivity contribution in [1.29, 1.82) is 0 Å². The number of halogens is 1. The number of hydrogen-bond acceptors (Lipinski definition) is 6. The van der Waals surface area contributed by atoms with E-state index in [9.17, 15) is 4.79 Å². The van der Waals surface area contributed by atoms with E-state index in [0.29, 0.717) is 47.0 Å². The standard InChI is InChI=1S/C21H28ClN7O/c1-3-19(30)29-10-13-6-15(7-14(13)11-29)24-20-16(22)9-23-21(26-20)25-18-8-17(12-4-5-12)27-28(18)2/h8-9,12-15H,3-7,10-11H2,1-2H3,(H2,23,24,25,26). The van der Waals surface area contributed by atoms with Gasteiger partial charge in [-0.05, 0) is 37.5 Å². The lowest BCUT2D eigenvalue weighted by atomic mass is 10.0. The third kappa shape index (κ3) is 3.85. The van der Waals surface area contributed by atoms with Crippen LogP contribution in [0, 0.1) is 11.8 Å². The monoisotopic (exact) mass is 429 g/mol. The molecule has 8 nitrogen and oxygen atoms in total. The molecule has 1 amide bonds. The molecule has 2 unspecified atom stereocenters. The predicted octanol–water partition coefficient (Wildman–Crippen LogP) is 3.54. The number of nitrogens with zero attached hydrogens (tertiary/aromatic N) is 5. The van der Waals surface area contributed by atoms with Crippen molar-refractivity contribution in [3.63, 3.8) is 0 Å². The van der Waals surface area contributed by atoms with Crippen LogP contribution >= 0.6 is 11.6 Å². The van der Waals surface area contributed by atoms with Crippen LogP contribution < -0.4 is 10.6 Å². The number of amides is 1. The molecule has 0 radical (unpaired) electrons. The number of likely N-dealkylation sites (tertiary alicyclic amines) is 1. The zero-order valence-corrected chi connectivity index (χ0v) is 18.2. The Morgan fingerprint density at radius 3 is 2.67 bits per heavy atom. The average Bonchev–Trinajstić information content (AvgIpc) is 3.26. The van der Waals surface area contributed by atoms with E-state index in [2.05, 4.69) is 31.8 Å². The number of aryl methyl sites for hydroxylation is 1. The number of rotatable bonds is 6.